The smallest absolute Gasteiger partial charge is 0.250 e. The zero-order valence-electron chi connectivity index (χ0n) is 15.9. The van der Waals surface area contributed by atoms with Crippen molar-refractivity contribution < 1.29 is 9.18 Å². The molecule has 3 nitrogen and oxygen atoms in total. The first-order valence-corrected chi connectivity index (χ1v) is 10.5. The van der Waals surface area contributed by atoms with Crippen LogP contribution in [0.2, 0.25) is 0 Å². The average Bonchev–Trinajstić information content (AvgIpc) is 3.24. The summed E-state index contributed by atoms with van der Waals surface area (Å²) in [6.45, 7) is 0.699. The normalized spacial score (nSPS) is 17.2. The van der Waals surface area contributed by atoms with E-state index in [9.17, 15) is 9.18 Å². The quantitative estimate of drug-likeness (QED) is 0.506. The molecule has 2 unspecified atom stereocenters. The summed E-state index contributed by atoms with van der Waals surface area (Å²) in [5.41, 5.74) is 2.27. The predicted molar refractivity (Wildman–Crippen MR) is 117 cm³/mol. The average molecular weight is 453 g/mol. The summed E-state index contributed by atoms with van der Waals surface area (Å²) in [6.07, 6.45) is 1.89. The number of benzene rings is 3. The van der Waals surface area contributed by atoms with Crippen LogP contribution in [-0.2, 0) is 4.79 Å². The minimum Gasteiger partial charge on any atom is -0.368 e. The Morgan fingerprint density at radius 3 is 2.41 bits per heavy atom. The molecule has 1 saturated heterocycles. The van der Waals surface area contributed by atoms with Gasteiger partial charge in [-0.25, -0.2) is 4.39 Å². The zero-order valence-corrected chi connectivity index (χ0v) is 17.5. The monoisotopic (exact) mass is 452 g/mol. The molecule has 1 N–H and O–H groups in total. The van der Waals surface area contributed by atoms with Crippen molar-refractivity contribution in [1.29, 1.82) is 0 Å². The number of hydrogen-bond donors (Lipinski definition) is 1. The van der Waals surface area contributed by atoms with Gasteiger partial charge in [0, 0.05) is 11.0 Å². The predicted octanol–water partition coefficient (Wildman–Crippen LogP) is 6.11. The third kappa shape index (κ3) is 4.35. The zero-order chi connectivity index (χ0) is 20.2. The van der Waals surface area contributed by atoms with Gasteiger partial charge in [0.1, 0.15) is 11.9 Å². The van der Waals surface area contributed by atoms with E-state index < -0.39 is 6.04 Å². The Balaban J connectivity index is 1.67. The molecule has 148 valence electrons. The van der Waals surface area contributed by atoms with Gasteiger partial charge in [-0.1, -0.05) is 70.5 Å². The number of amides is 1. The molecule has 0 spiro atoms. The largest absolute Gasteiger partial charge is 0.368 e. The third-order valence-electron chi connectivity index (χ3n) is 5.34. The Hall–Kier alpha value is -2.66. The maximum absolute atomic E-state index is 14.3. The van der Waals surface area contributed by atoms with Gasteiger partial charge >= 0.3 is 0 Å². The summed E-state index contributed by atoms with van der Waals surface area (Å²) < 4.78 is 15.2. The molecule has 0 aromatic heterocycles. The number of anilines is 1. The van der Waals surface area contributed by atoms with Crippen LogP contribution in [-0.4, -0.2) is 17.4 Å². The highest BCUT2D eigenvalue weighted by Crippen LogP contribution is 2.35. The van der Waals surface area contributed by atoms with Gasteiger partial charge in [-0.15, -0.1) is 0 Å². The van der Waals surface area contributed by atoms with Gasteiger partial charge in [0.05, 0.1) is 11.7 Å². The highest BCUT2D eigenvalue weighted by Gasteiger charge is 2.35. The van der Waals surface area contributed by atoms with Crippen LogP contribution in [0, 0.1) is 5.82 Å². The fourth-order valence-corrected chi connectivity index (χ4v) is 4.16. The molecular weight excluding hydrogens is 431 g/mol. The van der Waals surface area contributed by atoms with E-state index in [1.54, 1.807) is 18.2 Å². The van der Waals surface area contributed by atoms with Crippen LogP contribution in [0.15, 0.2) is 83.3 Å². The minimum absolute atomic E-state index is 0.0399. The number of likely N-dealkylation sites (tertiary alicyclic amines) is 1. The second kappa shape index (κ2) is 8.78. The summed E-state index contributed by atoms with van der Waals surface area (Å²) in [5, 5.41) is 3.15. The third-order valence-corrected chi connectivity index (χ3v) is 5.87. The van der Waals surface area contributed by atoms with E-state index in [0.717, 1.165) is 28.4 Å². The van der Waals surface area contributed by atoms with E-state index in [0.29, 0.717) is 12.2 Å². The second-order valence-electron chi connectivity index (χ2n) is 7.21. The molecule has 0 aliphatic carbocycles. The molecule has 0 saturated carbocycles. The number of para-hydroxylation sites is 1. The number of rotatable bonds is 5. The van der Waals surface area contributed by atoms with Crippen LogP contribution < -0.4 is 5.32 Å². The van der Waals surface area contributed by atoms with Crippen molar-refractivity contribution >= 4 is 27.5 Å². The van der Waals surface area contributed by atoms with E-state index in [2.05, 4.69) is 33.4 Å². The molecule has 29 heavy (non-hydrogen) atoms. The van der Waals surface area contributed by atoms with E-state index in [1.807, 2.05) is 47.4 Å². The number of carbonyl (C=O) groups is 1. The van der Waals surface area contributed by atoms with Crippen molar-refractivity contribution in [2.75, 3.05) is 11.9 Å². The van der Waals surface area contributed by atoms with Crippen molar-refractivity contribution in [3.8, 4) is 0 Å². The van der Waals surface area contributed by atoms with Crippen LogP contribution in [0.5, 0.6) is 0 Å². The summed E-state index contributed by atoms with van der Waals surface area (Å²) in [5.74, 6) is -0.412. The van der Waals surface area contributed by atoms with Crippen LogP contribution in [0.4, 0.5) is 10.1 Å². The standard InChI is InChI=1S/C24H22BrFN2O/c25-19-14-12-18(13-15-19)23(27-21-10-5-4-9-20(21)26)24(29)28-16-6-11-22(28)17-7-2-1-3-8-17/h1-5,7-10,12-15,22-23,27H,6,11,16H2. The lowest BCUT2D eigenvalue weighted by atomic mass is 10.0. The van der Waals surface area contributed by atoms with E-state index in [-0.39, 0.29) is 17.8 Å². The molecule has 5 heteroatoms. The summed E-state index contributed by atoms with van der Waals surface area (Å²) in [6, 6.07) is 23.5. The molecule has 1 fully saturated rings. The summed E-state index contributed by atoms with van der Waals surface area (Å²) >= 11 is 3.44. The molecule has 2 atom stereocenters. The van der Waals surface area contributed by atoms with Gasteiger partial charge in [0.15, 0.2) is 0 Å². The lowest BCUT2D eigenvalue weighted by Gasteiger charge is -2.30. The Morgan fingerprint density at radius 1 is 1.00 bits per heavy atom. The molecule has 0 radical (unpaired) electrons. The molecule has 4 rings (SSSR count). The van der Waals surface area contributed by atoms with Crippen molar-refractivity contribution in [1.82, 2.24) is 4.90 Å². The number of halogens is 2. The van der Waals surface area contributed by atoms with Crippen LogP contribution in [0.25, 0.3) is 0 Å². The van der Waals surface area contributed by atoms with Crippen molar-refractivity contribution in [3.05, 3.63) is 100 Å². The van der Waals surface area contributed by atoms with Crippen molar-refractivity contribution in [3.63, 3.8) is 0 Å². The number of carbonyl (C=O) groups excluding carboxylic acids is 1. The molecule has 1 amide bonds. The molecule has 0 bridgehead atoms. The number of nitrogens with one attached hydrogen (secondary N) is 1. The maximum atomic E-state index is 14.3. The fourth-order valence-electron chi connectivity index (χ4n) is 3.89. The van der Waals surface area contributed by atoms with Crippen molar-refractivity contribution in [2.24, 2.45) is 0 Å². The minimum atomic E-state index is -0.663. The van der Waals surface area contributed by atoms with E-state index in [4.69, 9.17) is 0 Å². The Morgan fingerprint density at radius 2 is 1.69 bits per heavy atom. The Bertz CT molecular complexity index is 978. The number of hydrogen-bond acceptors (Lipinski definition) is 2. The molecule has 1 aliphatic heterocycles. The Kier molecular flexibility index (Phi) is 5.95. The highest BCUT2D eigenvalue weighted by atomic mass is 79.9. The fraction of sp³-hybridized carbons (Fsp3) is 0.208. The van der Waals surface area contributed by atoms with Crippen LogP contribution in [0.1, 0.15) is 36.1 Å². The molecular formula is C24H22BrFN2O. The van der Waals surface area contributed by atoms with E-state index in [1.165, 1.54) is 6.07 Å². The van der Waals surface area contributed by atoms with Crippen molar-refractivity contribution in [2.45, 2.75) is 24.9 Å². The van der Waals surface area contributed by atoms with E-state index >= 15 is 0 Å². The lowest BCUT2D eigenvalue weighted by molar-refractivity contribution is -0.133. The molecule has 1 aliphatic rings. The maximum Gasteiger partial charge on any atom is 0.250 e. The number of nitrogens with zero attached hydrogens (tertiary/aromatic N) is 1. The van der Waals surface area contributed by atoms with Crippen LogP contribution >= 0.6 is 15.9 Å². The van der Waals surface area contributed by atoms with Gasteiger partial charge in [-0.05, 0) is 48.2 Å². The lowest BCUT2D eigenvalue weighted by Crippen LogP contribution is -2.37. The second-order valence-corrected chi connectivity index (χ2v) is 8.12. The van der Waals surface area contributed by atoms with Gasteiger partial charge in [0.25, 0.3) is 0 Å². The van der Waals surface area contributed by atoms with Gasteiger partial charge in [-0.3, -0.25) is 4.79 Å². The first-order chi connectivity index (χ1) is 14.1. The first-order valence-electron chi connectivity index (χ1n) is 9.75. The summed E-state index contributed by atoms with van der Waals surface area (Å²) in [4.78, 5) is 15.6. The SMILES string of the molecule is O=C(C(Nc1ccccc1F)c1ccc(Br)cc1)N1CCCC1c1ccccc1. The van der Waals surface area contributed by atoms with Gasteiger partial charge in [0.2, 0.25) is 5.91 Å². The topological polar surface area (TPSA) is 32.3 Å². The van der Waals surface area contributed by atoms with Gasteiger partial charge in [-0.2, -0.15) is 0 Å². The molecule has 1 heterocycles. The van der Waals surface area contributed by atoms with Crippen LogP contribution in [0.3, 0.4) is 0 Å². The molecule has 3 aromatic carbocycles. The first kappa shape index (κ1) is 19.6. The highest BCUT2D eigenvalue weighted by molar-refractivity contribution is 9.10. The molecule has 3 aromatic rings. The van der Waals surface area contributed by atoms with Gasteiger partial charge < -0.3 is 10.2 Å². The Labute approximate surface area is 178 Å². The summed E-state index contributed by atoms with van der Waals surface area (Å²) in [7, 11) is 0.